The summed E-state index contributed by atoms with van der Waals surface area (Å²) in [5.41, 5.74) is 8.38. The second-order valence-corrected chi connectivity index (χ2v) is 3.55. The summed E-state index contributed by atoms with van der Waals surface area (Å²) in [6.45, 7) is 0. The molecule has 0 spiro atoms. The zero-order chi connectivity index (χ0) is 11.7. The van der Waals surface area contributed by atoms with Crippen LogP contribution in [0.3, 0.4) is 0 Å². The summed E-state index contributed by atoms with van der Waals surface area (Å²) in [7, 11) is 1.63. The van der Waals surface area contributed by atoms with Gasteiger partial charge in [0.1, 0.15) is 5.16 Å². The Kier molecular flexibility index (Phi) is 2.77. The monoisotopic (exact) mass is 243 g/mol. The summed E-state index contributed by atoms with van der Waals surface area (Å²) in [5, 5.41) is 17.7. The number of aromatic amines is 1. The largest absolute Gasteiger partial charge is 0.371 e. The summed E-state index contributed by atoms with van der Waals surface area (Å²) in [5.74, 6) is 0.300. The average molecular weight is 244 g/mol. The molecule has 16 heavy (non-hydrogen) atoms. The van der Waals surface area contributed by atoms with Gasteiger partial charge in [0.2, 0.25) is 5.95 Å². The molecule has 9 heteroatoms. The number of hydrogen-bond acceptors (Lipinski definition) is 7. The Hall–Kier alpha value is -1.64. The number of hydrazine groups is 1. The molecule has 2 heterocycles. The van der Waals surface area contributed by atoms with Gasteiger partial charge >= 0.3 is 0 Å². The zero-order valence-corrected chi connectivity index (χ0v) is 9.10. The van der Waals surface area contributed by atoms with Gasteiger partial charge in [0.15, 0.2) is 6.23 Å². The minimum absolute atomic E-state index is 0.141. The molecule has 0 aromatic carbocycles. The lowest BCUT2D eigenvalue weighted by molar-refractivity contribution is 0.0480. The highest BCUT2D eigenvalue weighted by Crippen LogP contribution is 2.13. The molecule has 0 saturated carbocycles. The predicted molar refractivity (Wildman–Crippen MR) is 58.7 cm³/mol. The van der Waals surface area contributed by atoms with Gasteiger partial charge < -0.3 is 16.3 Å². The second kappa shape index (κ2) is 4.08. The standard InChI is InChI=1S/C7H10ClN7O/c1-15-5(16)3(2-4(8)14-15)10-7-11-6(9)12-13-7/h2,5,14,16H,1H3,(H3,9,11,12,13). The molecule has 5 N–H and O–H groups in total. The highest BCUT2D eigenvalue weighted by molar-refractivity contribution is 6.31. The van der Waals surface area contributed by atoms with E-state index in [-0.39, 0.29) is 11.9 Å². The molecule has 0 fully saturated rings. The van der Waals surface area contributed by atoms with Gasteiger partial charge in [-0.15, -0.1) is 5.10 Å². The number of nitrogen functional groups attached to an aromatic ring is 1. The number of hydrogen-bond donors (Lipinski definition) is 4. The van der Waals surface area contributed by atoms with Gasteiger partial charge in [-0.05, 0) is 0 Å². The third-order valence-corrected chi connectivity index (χ3v) is 2.10. The van der Waals surface area contributed by atoms with Crippen LogP contribution in [-0.4, -0.2) is 44.3 Å². The summed E-state index contributed by atoms with van der Waals surface area (Å²) < 4.78 is 0. The fourth-order valence-electron chi connectivity index (χ4n) is 1.19. The number of rotatable bonds is 1. The fourth-order valence-corrected chi connectivity index (χ4v) is 1.43. The van der Waals surface area contributed by atoms with Crippen molar-refractivity contribution in [3.05, 3.63) is 11.2 Å². The smallest absolute Gasteiger partial charge is 0.270 e. The van der Waals surface area contributed by atoms with E-state index in [1.165, 1.54) is 11.1 Å². The van der Waals surface area contributed by atoms with E-state index in [9.17, 15) is 5.11 Å². The summed E-state index contributed by atoms with van der Waals surface area (Å²) in [6, 6.07) is 0. The van der Waals surface area contributed by atoms with Gasteiger partial charge in [0.25, 0.3) is 5.95 Å². The number of H-pyrrole nitrogens is 1. The number of aliphatic hydroxyl groups is 1. The number of anilines is 1. The van der Waals surface area contributed by atoms with E-state index in [4.69, 9.17) is 17.3 Å². The summed E-state index contributed by atoms with van der Waals surface area (Å²) in [6.07, 6.45) is 0.556. The first-order valence-electron chi connectivity index (χ1n) is 4.37. The van der Waals surface area contributed by atoms with Crippen molar-refractivity contribution in [2.45, 2.75) is 6.23 Å². The van der Waals surface area contributed by atoms with E-state index < -0.39 is 6.23 Å². The lowest BCUT2D eigenvalue weighted by Gasteiger charge is -2.28. The lowest BCUT2D eigenvalue weighted by atomic mass is 10.3. The molecule has 0 amide bonds. The topological polar surface area (TPSA) is 115 Å². The van der Waals surface area contributed by atoms with Crippen LogP contribution >= 0.6 is 11.6 Å². The number of aliphatic hydroxyl groups excluding tert-OH is 1. The molecular formula is C7H10ClN7O. The Morgan fingerprint density at radius 1 is 1.69 bits per heavy atom. The molecule has 0 saturated heterocycles. The summed E-state index contributed by atoms with van der Waals surface area (Å²) >= 11 is 5.79. The van der Waals surface area contributed by atoms with Gasteiger partial charge in [-0.3, -0.25) is 0 Å². The molecule has 1 aliphatic heterocycles. The van der Waals surface area contributed by atoms with Gasteiger partial charge in [0, 0.05) is 13.1 Å². The highest BCUT2D eigenvalue weighted by atomic mass is 35.5. The van der Waals surface area contributed by atoms with Gasteiger partial charge in [-0.2, -0.15) is 9.99 Å². The molecule has 1 aliphatic rings. The van der Waals surface area contributed by atoms with Crippen LogP contribution in [0.15, 0.2) is 16.2 Å². The third-order valence-electron chi connectivity index (χ3n) is 1.91. The normalized spacial score (nSPS) is 24.3. The Bertz CT molecular complexity index is 453. The van der Waals surface area contributed by atoms with Crippen LogP contribution in [0.25, 0.3) is 0 Å². The van der Waals surface area contributed by atoms with Crippen LogP contribution in [0, 0.1) is 0 Å². The van der Waals surface area contributed by atoms with E-state index in [1.807, 2.05) is 0 Å². The Balaban J connectivity index is 2.32. The Labute approximate surface area is 95.8 Å². The SMILES string of the molecule is CN1NC(Cl)=CC(=Nc2n[nH]c(N)n2)C1O. The van der Waals surface area contributed by atoms with E-state index in [1.54, 1.807) is 7.05 Å². The van der Waals surface area contributed by atoms with Gasteiger partial charge in [-0.1, -0.05) is 11.6 Å². The quantitative estimate of drug-likeness (QED) is 0.485. The van der Waals surface area contributed by atoms with Crippen LogP contribution < -0.4 is 11.2 Å². The Morgan fingerprint density at radius 3 is 3.06 bits per heavy atom. The van der Waals surface area contributed by atoms with Crippen molar-refractivity contribution >= 4 is 29.2 Å². The number of nitrogens with one attached hydrogen (secondary N) is 2. The van der Waals surface area contributed by atoms with Crippen LogP contribution in [0.4, 0.5) is 11.9 Å². The first-order valence-corrected chi connectivity index (χ1v) is 4.75. The number of aliphatic imine (C=N–C) groups is 1. The van der Waals surface area contributed by atoms with Crippen molar-refractivity contribution in [3.63, 3.8) is 0 Å². The minimum Gasteiger partial charge on any atom is -0.371 e. The van der Waals surface area contributed by atoms with Crippen molar-refractivity contribution in [1.29, 1.82) is 0 Å². The van der Waals surface area contributed by atoms with Crippen molar-refractivity contribution < 1.29 is 5.11 Å². The molecule has 0 radical (unpaired) electrons. The molecule has 8 nitrogen and oxygen atoms in total. The Morgan fingerprint density at radius 2 is 2.44 bits per heavy atom. The molecule has 1 aromatic rings. The molecule has 0 bridgehead atoms. The maximum Gasteiger partial charge on any atom is 0.270 e. The summed E-state index contributed by atoms with van der Waals surface area (Å²) in [4.78, 5) is 7.80. The number of nitrogens with zero attached hydrogens (tertiary/aromatic N) is 4. The van der Waals surface area contributed by atoms with Gasteiger partial charge in [0.05, 0.1) is 5.71 Å². The van der Waals surface area contributed by atoms with E-state index >= 15 is 0 Å². The van der Waals surface area contributed by atoms with Crippen LogP contribution in [-0.2, 0) is 0 Å². The number of nitrogens with two attached hydrogens (primary N) is 1. The predicted octanol–water partition coefficient (Wildman–Crippen LogP) is -0.692. The van der Waals surface area contributed by atoms with Gasteiger partial charge in [-0.25, -0.2) is 10.1 Å². The lowest BCUT2D eigenvalue weighted by Crippen LogP contribution is -2.48. The third kappa shape index (κ3) is 2.13. The van der Waals surface area contributed by atoms with E-state index in [0.717, 1.165) is 0 Å². The number of aromatic nitrogens is 3. The average Bonchev–Trinajstić information content (AvgIpc) is 2.60. The van der Waals surface area contributed by atoms with Crippen molar-refractivity contribution in [1.82, 2.24) is 25.6 Å². The maximum absolute atomic E-state index is 9.76. The highest BCUT2D eigenvalue weighted by Gasteiger charge is 2.22. The number of halogens is 1. The van der Waals surface area contributed by atoms with Crippen LogP contribution in [0.2, 0.25) is 0 Å². The van der Waals surface area contributed by atoms with Crippen LogP contribution in [0.1, 0.15) is 0 Å². The van der Waals surface area contributed by atoms with Crippen molar-refractivity contribution in [2.24, 2.45) is 4.99 Å². The van der Waals surface area contributed by atoms with E-state index in [2.05, 4.69) is 25.6 Å². The molecule has 1 unspecified atom stereocenters. The maximum atomic E-state index is 9.76. The molecular weight excluding hydrogens is 234 g/mol. The first kappa shape index (κ1) is 10.9. The van der Waals surface area contributed by atoms with Crippen molar-refractivity contribution in [3.8, 4) is 0 Å². The van der Waals surface area contributed by atoms with Crippen molar-refractivity contribution in [2.75, 3.05) is 12.8 Å². The minimum atomic E-state index is -0.928. The molecule has 1 atom stereocenters. The van der Waals surface area contributed by atoms with Crippen LogP contribution in [0.5, 0.6) is 0 Å². The fraction of sp³-hybridized carbons (Fsp3) is 0.286. The molecule has 2 rings (SSSR count). The molecule has 1 aromatic heterocycles. The second-order valence-electron chi connectivity index (χ2n) is 3.15. The first-order chi connectivity index (χ1) is 7.56. The molecule has 0 aliphatic carbocycles. The zero-order valence-electron chi connectivity index (χ0n) is 8.35. The molecule has 86 valence electrons. The van der Waals surface area contributed by atoms with E-state index in [0.29, 0.717) is 10.9 Å².